The molecule has 1 fully saturated rings. The molecule has 0 atom stereocenters. The van der Waals surface area contributed by atoms with E-state index < -0.39 is 0 Å². The van der Waals surface area contributed by atoms with E-state index in [4.69, 9.17) is 0 Å². The van der Waals surface area contributed by atoms with Crippen LogP contribution < -0.4 is 16.0 Å². The van der Waals surface area contributed by atoms with Gasteiger partial charge in [0.05, 0.1) is 12.1 Å². The van der Waals surface area contributed by atoms with Crippen molar-refractivity contribution in [3.63, 3.8) is 0 Å². The zero-order chi connectivity index (χ0) is 16.5. The molecule has 6 nitrogen and oxygen atoms in total. The Bertz CT molecular complexity index is 545. The van der Waals surface area contributed by atoms with Gasteiger partial charge in [0.2, 0.25) is 0 Å². The molecule has 0 spiro atoms. The number of carbonyl (C=O) groups excluding carboxylic acids is 1. The lowest BCUT2D eigenvalue weighted by molar-refractivity contribution is 0.0952. The fourth-order valence-corrected chi connectivity index (χ4v) is 2.68. The number of rotatable bonds is 6. The highest BCUT2D eigenvalue weighted by Gasteiger charge is 2.15. The summed E-state index contributed by atoms with van der Waals surface area (Å²) in [5, 5.41) is 19.1. The minimum atomic E-state index is -0.285. The highest BCUT2D eigenvalue weighted by Crippen LogP contribution is 2.17. The second kappa shape index (κ2) is 11.1. The van der Waals surface area contributed by atoms with E-state index in [0.717, 1.165) is 12.5 Å². The molecule has 0 bridgehead atoms. The maximum atomic E-state index is 12.0. The SMILES string of the molecule is CCNC(=NCCNC(=O)c1ccccc1O)NC1CCCC1.I. The standard InChI is InChI=1S/C17H26N4O2.HI/c1-2-18-17(21-13-7-3-4-8-13)20-12-11-19-16(23)14-9-5-6-10-15(14)22;/h5-6,9-10,13,22H,2-4,7-8,11-12H2,1H3,(H,19,23)(H2,18,20,21);1H. The van der Waals surface area contributed by atoms with Crippen molar-refractivity contribution in [2.75, 3.05) is 19.6 Å². The van der Waals surface area contributed by atoms with Gasteiger partial charge in [0, 0.05) is 19.1 Å². The first-order valence-corrected chi connectivity index (χ1v) is 8.31. The molecular formula is C17H27IN4O2. The third-order valence-electron chi connectivity index (χ3n) is 3.86. The number of phenols is 1. The Kier molecular flexibility index (Phi) is 9.51. The van der Waals surface area contributed by atoms with Crippen LogP contribution in [0.5, 0.6) is 5.75 Å². The number of carbonyl (C=O) groups is 1. The number of aromatic hydroxyl groups is 1. The Morgan fingerprint density at radius 3 is 2.62 bits per heavy atom. The van der Waals surface area contributed by atoms with Gasteiger partial charge < -0.3 is 21.1 Å². The molecule has 1 aliphatic rings. The van der Waals surface area contributed by atoms with E-state index in [0.29, 0.717) is 19.1 Å². The summed E-state index contributed by atoms with van der Waals surface area (Å²) in [7, 11) is 0. The van der Waals surface area contributed by atoms with Gasteiger partial charge in [-0.2, -0.15) is 0 Å². The topological polar surface area (TPSA) is 85.8 Å². The van der Waals surface area contributed by atoms with Gasteiger partial charge in [0.25, 0.3) is 5.91 Å². The number of benzene rings is 1. The highest BCUT2D eigenvalue weighted by molar-refractivity contribution is 14.0. The van der Waals surface area contributed by atoms with Crippen LogP contribution in [-0.2, 0) is 0 Å². The second-order valence-corrected chi connectivity index (χ2v) is 5.66. The van der Waals surface area contributed by atoms with Gasteiger partial charge in [-0.05, 0) is 31.9 Å². The second-order valence-electron chi connectivity index (χ2n) is 5.66. The molecule has 0 saturated heterocycles. The maximum absolute atomic E-state index is 12.0. The molecular weight excluding hydrogens is 419 g/mol. The number of guanidine groups is 1. The van der Waals surface area contributed by atoms with Crippen LogP contribution in [0.2, 0.25) is 0 Å². The van der Waals surface area contributed by atoms with Crippen molar-refractivity contribution in [2.24, 2.45) is 4.99 Å². The van der Waals surface area contributed by atoms with E-state index in [-0.39, 0.29) is 41.2 Å². The van der Waals surface area contributed by atoms with Crippen LogP contribution in [0.4, 0.5) is 0 Å². The van der Waals surface area contributed by atoms with Crippen molar-refractivity contribution in [3.8, 4) is 5.75 Å². The summed E-state index contributed by atoms with van der Waals surface area (Å²) >= 11 is 0. The molecule has 0 unspecified atom stereocenters. The van der Waals surface area contributed by atoms with Gasteiger partial charge in [-0.1, -0.05) is 25.0 Å². The summed E-state index contributed by atoms with van der Waals surface area (Å²) in [5.41, 5.74) is 0.285. The van der Waals surface area contributed by atoms with Crippen molar-refractivity contribution in [2.45, 2.75) is 38.6 Å². The summed E-state index contributed by atoms with van der Waals surface area (Å²) in [5.74, 6) is 0.507. The van der Waals surface area contributed by atoms with Gasteiger partial charge in [-0.25, -0.2) is 0 Å². The molecule has 1 aliphatic carbocycles. The smallest absolute Gasteiger partial charge is 0.255 e. The van der Waals surface area contributed by atoms with Gasteiger partial charge in [0.15, 0.2) is 5.96 Å². The van der Waals surface area contributed by atoms with E-state index in [9.17, 15) is 9.90 Å². The van der Waals surface area contributed by atoms with Gasteiger partial charge in [-0.3, -0.25) is 9.79 Å². The van der Waals surface area contributed by atoms with Crippen LogP contribution in [0.3, 0.4) is 0 Å². The van der Waals surface area contributed by atoms with Crippen molar-refractivity contribution in [1.82, 2.24) is 16.0 Å². The molecule has 0 aliphatic heterocycles. The lowest BCUT2D eigenvalue weighted by atomic mass is 10.2. The lowest BCUT2D eigenvalue weighted by Crippen LogP contribution is -2.42. The van der Waals surface area contributed by atoms with Crippen LogP contribution >= 0.6 is 24.0 Å². The average molecular weight is 446 g/mol. The Labute approximate surface area is 160 Å². The van der Waals surface area contributed by atoms with E-state index in [1.165, 1.54) is 31.7 Å². The third kappa shape index (κ3) is 6.54. The minimum absolute atomic E-state index is 0. The quantitative estimate of drug-likeness (QED) is 0.234. The number of halogens is 1. The number of hydrogen-bond acceptors (Lipinski definition) is 3. The highest BCUT2D eigenvalue weighted by atomic mass is 127. The van der Waals surface area contributed by atoms with E-state index in [1.807, 2.05) is 6.92 Å². The van der Waals surface area contributed by atoms with Crippen molar-refractivity contribution in [1.29, 1.82) is 0 Å². The Balaban J connectivity index is 0.00000288. The van der Waals surface area contributed by atoms with Gasteiger partial charge in [0.1, 0.15) is 5.75 Å². The first-order chi connectivity index (χ1) is 11.2. The number of aliphatic imine (C=N–C) groups is 1. The number of phenolic OH excluding ortho intramolecular Hbond substituents is 1. The van der Waals surface area contributed by atoms with Crippen LogP contribution in [-0.4, -0.2) is 42.6 Å². The molecule has 7 heteroatoms. The summed E-state index contributed by atoms with van der Waals surface area (Å²) < 4.78 is 0. The van der Waals surface area contributed by atoms with Crippen LogP contribution in [0, 0.1) is 0 Å². The van der Waals surface area contributed by atoms with Crippen LogP contribution in [0.1, 0.15) is 43.0 Å². The molecule has 134 valence electrons. The van der Waals surface area contributed by atoms with Crippen LogP contribution in [0.25, 0.3) is 0 Å². The fourth-order valence-electron chi connectivity index (χ4n) is 2.68. The number of amides is 1. The summed E-state index contributed by atoms with van der Waals surface area (Å²) in [4.78, 5) is 16.4. The normalized spacial score (nSPS) is 14.8. The number of nitrogens with one attached hydrogen (secondary N) is 3. The number of nitrogens with zero attached hydrogens (tertiary/aromatic N) is 1. The summed E-state index contributed by atoms with van der Waals surface area (Å²) in [6, 6.07) is 7.01. The zero-order valence-electron chi connectivity index (χ0n) is 14.0. The molecule has 1 saturated carbocycles. The Morgan fingerprint density at radius 1 is 1.25 bits per heavy atom. The maximum Gasteiger partial charge on any atom is 0.255 e. The minimum Gasteiger partial charge on any atom is -0.507 e. The van der Waals surface area contributed by atoms with E-state index >= 15 is 0 Å². The predicted octanol–water partition coefficient (Wildman–Crippen LogP) is 2.24. The molecule has 24 heavy (non-hydrogen) atoms. The molecule has 4 N–H and O–H groups in total. The molecule has 2 rings (SSSR count). The number of para-hydroxylation sites is 1. The molecule has 0 heterocycles. The van der Waals surface area contributed by atoms with Crippen molar-refractivity contribution < 1.29 is 9.90 Å². The zero-order valence-corrected chi connectivity index (χ0v) is 16.4. The van der Waals surface area contributed by atoms with Gasteiger partial charge in [-0.15, -0.1) is 24.0 Å². The summed E-state index contributed by atoms with van der Waals surface area (Å²) in [6.45, 7) is 3.75. The molecule has 1 aromatic carbocycles. The molecule has 0 radical (unpaired) electrons. The first kappa shape index (κ1) is 20.5. The lowest BCUT2D eigenvalue weighted by Gasteiger charge is -2.16. The van der Waals surface area contributed by atoms with Gasteiger partial charge >= 0.3 is 0 Å². The van der Waals surface area contributed by atoms with E-state index in [2.05, 4.69) is 20.9 Å². The largest absolute Gasteiger partial charge is 0.507 e. The number of hydrogen-bond donors (Lipinski definition) is 4. The van der Waals surface area contributed by atoms with Crippen molar-refractivity contribution in [3.05, 3.63) is 29.8 Å². The Hall–Kier alpha value is -1.51. The first-order valence-electron chi connectivity index (χ1n) is 8.31. The predicted molar refractivity (Wildman–Crippen MR) is 107 cm³/mol. The monoisotopic (exact) mass is 446 g/mol. The van der Waals surface area contributed by atoms with Crippen molar-refractivity contribution >= 4 is 35.8 Å². The summed E-state index contributed by atoms with van der Waals surface area (Å²) in [6.07, 6.45) is 4.92. The third-order valence-corrected chi connectivity index (χ3v) is 3.86. The van der Waals surface area contributed by atoms with Crippen LogP contribution in [0.15, 0.2) is 29.3 Å². The Morgan fingerprint density at radius 2 is 1.96 bits per heavy atom. The molecule has 1 amide bonds. The average Bonchev–Trinajstić information content (AvgIpc) is 3.05. The fraction of sp³-hybridized carbons (Fsp3) is 0.529. The van der Waals surface area contributed by atoms with E-state index in [1.54, 1.807) is 18.2 Å². The molecule has 0 aromatic heterocycles. The molecule has 1 aromatic rings.